The summed E-state index contributed by atoms with van der Waals surface area (Å²) in [7, 11) is 3.41. The van der Waals surface area contributed by atoms with Gasteiger partial charge < -0.3 is 9.47 Å². The number of ether oxygens (including phenoxy) is 2. The normalized spacial score (nSPS) is 25.9. The maximum atomic E-state index is 5.36. The number of hydrogen-bond donors (Lipinski definition) is 0. The molecule has 0 saturated carbocycles. The third-order valence-electron chi connectivity index (χ3n) is 2.63. The molecule has 0 spiro atoms. The van der Waals surface area contributed by atoms with E-state index in [0.717, 1.165) is 12.0 Å². The maximum absolute atomic E-state index is 5.36. The topological polar surface area (TPSA) is 18.5 Å². The lowest BCUT2D eigenvalue weighted by molar-refractivity contribution is -0.0208. The van der Waals surface area contributed by atoms with Crippen LogP contribution in [0.25, 0.3) is 0 Å². The van der Waals surface area contributed by atoms with E-state index in [2.05, 4.69) is 18.6 Å². The lowest BCUT2D eigenvalue weighted by Gasteiger charge is -2.30. The summed E-state index contributed by atoms with van der Waals surface area (Å²) >= 11 is 0. The van der Waals surface area contributed by atoms with Crippen LogP contribution in [0, 0.1) is 6.42 Å². The molecule has 0 saturated heterocycles. The molecule has 0 N–H and O–H groups in total. The molecule has 0 bridgehead atoms. The molecule has 0 amide bonds. The van der Waals surface area contributed by atoms with Crippen LogP contribution in [0.1, 0.15) is 11.1 Å². The second-order valence-corrected chi connectivity index (χ2v) is 3.44. The Morgan fingerprint density at radius 3 is 2.71 bits per heavy atom. The molecule has 0 heterocycles. The first-order chi connectivity index (χ1) is 6.85. The highest BCUT2D eigenvalue weighted by Gasteiger charge is 2.28. The summed E-state index contributed by atoms with van der Waals surface area (Å²) in [5.74, 6) is 0. The van der Waals surface area contributed by atoms with Crippen molar-refractivity contribution in [1.29, 1.82) is 0 Å². The molecule has 2 atom stereocenters. The Balaban J connectivity index is 2.25. The third kappa shape index (κ3) is 1.68. The van der Waals surface area contributed by atoms with Gasteiger partial charge >= 0.3 is 0 Å². The summed E-state index contributed by atoms with van der Waals surface area (Å²) in [6.45, 7) is 0. The minimum absolute atomic E-state index is 0.0464. The first kappa shape index (κ1) is 9.69. The minimum atomic E-state index is -0.0464. The largest absolute Gasteiger partial charge is 0.378 e. The van der Waals surface area contributed by atoms with E-state index in [9.17, 15) is 0 Å². The van der Waals surface area contributed by atoms with Gasteiger partial charge in [0.2, 0.25) is 0 Å². The number of hydrogen-bond acceptors (Lipinski definition) is 2. The number of methoxy groups -OCH3 is 2. The zero-order valence-corrected chi connectivity index (χ0v) is 8.49. The van der Waals surface area contributed by atoms with Crippen LogP contribution in [-0.4, -0.2) is 26.4 Å². The van der Waals surface area contributed by atoms with E-state index in [-0.39, 0.29) is 12.2 Å². The molecular formula is C12H14O2. The Hall–Kier alpha value is -0.860. The fraction of sp³-hybridized carbons (Fsp3) is 0.417. The van der Waals surface area contributed by atoms with Gasteiger partial charge in [-0.1, -0.05) is 24.3 Å². The first-order valence-corrected chi connectivity index (χ1v) is 4.75. The van der Waals surface area contributed by atoms with Gasteiger partial charge in [0.15, 0.2) is 0 Å². The first-order valence-electron chi connectivity index (χ1n) is 4.75. The zero-order valence-electron chi connectivity index (χ0n) is 8.49. The Morgan fingerprint density at radius 2 is 2.00 bits per heavy atom. The fourth-order valence-corrected chi connectivity index (χ4v) is 1.83. The Morgan fingerprint density at radius 1 is 1.21 bits per heavy atom. The van der Waals surface area contributed by atoms with Crippen molar-refractivity contribution in [2.45, 2.75) is 18.6 Å². The molecule has 1 aromatic carbocycles. The SMILES string of the molecule is COC1[C]c2ccccc2CC1OC. The van der Waals surface area contributed by atoms with E-state index in [1.165, 1.54) is 5.56 Å². The summed E-state index contributed by atoms with van der Waals surface area (Å²) in [6.07, 6.45) is 4.25. The lowest BCUT2D eigenvalue weighted by atomic mass is 9.88. The molecule has 1 aliphatic rings. The van der Waals surface area contributed by atoms with Gasteiger partial charge in [-0.15, -0.1) is 0 Å². The van der Waals surface area contributed by atoms with E-state index >= 15 is 0 Å². The standard InChI is InChI=1S/C12H14O2/c1-13-11-7-9-5-3-4-6-10(9)8-12(11)14-2/h3-6,11-12H,7H2,1-2H3. The van der Waals surface area contributed by atoms with Crippen molar-refractivity contribution in [3.63, 3.8) is 0 Å². The van der Waals surface area contributed by atoms with Crippen molar-refractivity contribution in [2.24, 2.45) is 0 Å². The molecule has 1 aliphatic carbocycles. The average molecular weight is 190 g/mol. The molecule has 0 aromatic heterocycles. The zero-order chi connectivity index (χ0) is 9.97. The second kappa shape index (κ2) is 4.11. The predicted octanol–water partition coefficient (Wildman–Crippen LogP) is 1.70. The molecule has 74 valence electrons. The lowest BCUT2D eigenvalue weighted by Crippen LogP contribution is -2.36. The van der Waals surface area contributed by atoms with Gasteiger partial charge in [-0.3, -0.25) is 0 Å². The van der Waals surface area contributed by atoms with Crippen molar-refractivity contribution >= 4 is 0 Å². The van der Waals surface area contributed by atoms with Crippen LogP contribution in [0.2, 0.25) is 0 Å². The van der Waals surface area contributed by atoms with E-state index in [1.54, 1.807) is 14.2 Å². The molecule has 0 aliphatic heterocycles. The van der Waals surface area contributed by atoms with Crippen LogP contribution >= 0.6 is 0 Å². The maximum Gasteiger partial charge on any atom is 0.0952 e. The summed E-state index contributed by atoms with van der Waals surface area (Å²) in [5.41, 5.74) is 2.43. The molecule has 2 nitrogen and oxygen atoms in total. The van der Waals surface area contributed by atoms with Crippen molar-refractivity contribution in [3.05, 3.63) is 41.8 Å². The highest BCUT2D eigenvalue weighted by Crippen LogP contribution is 2.26. The van der Waals surface area contributed by atoms with Gasteiger partial charge in [0.25, 0.3) is 0 Å². The van der Waals surface area contributed by atoms with Gasteiger partial charge in [0.1, 0.15) is 0 Å². The van der Waals surface area contributed by atoms with Crippen LogP contribution in [0.3, 0.4) is 0 Å². The number of benzene rings is 1. The van der Waals surface area contributed by atoms with E-state index in [4.69, 9.17) is 9.47 Å². The van der Waals surface area contributed by atoms with Gasteiger partial charge in [-0.25, -0.2) is 0 Å². The quantitative estimate of drug-likeness (QED) is 0.706. The number of fused-ring (bicyclic) bond motifs is 1. The highest BCUT2D eigenvalue weighted by atomic mass is 16.5. The number of rotatable bonds is 2. The van der Waals surface area contributed by atoms with E-state index in [1.807, 2.05) is 12.1 Å². The second-order valence-electron chi connectivity index (χ2n) is 3.44. The molecule has 2 radical (unpaired) electrons. The van der Waals surface area contributed by atoms with Crippen molar-refractivity contribution in [1.82, 2.24) is 0 Å². The molecule has 1 aromatic rings. The minimum Gasteiger partial charge on any atom is -0.378 e. The van der Waals surface area contributed by atoms with Gasteiger partial charge in [0.05, 0.1) is 18.6 Å². The highest BCUT2D eigenvalue weighted by molar-refractivity contribution is 5.38. The Bertz CT molecular complexity index is 278. The predicted molar refractivity (Wildman–Crippen MR) is 54.1 cm³/mol. The Kier molecular flexibility index (Phi) is 2.85. The average Bonchev–Trinajstić information content (AvgIpc) is 2.27. The summed E-state index contributed by atoms with van der Waals surface area (Å²) in [4.78, 5) is 0. The van der Waals surface area contributed by atoms with Gasteiger partial charge in [-0.2, -0.15) is 0 Å². The van der Waals surface area contributed by atoms with Gasteiger partial charge in [0, 0.05) is 20.6 Å². The molecule has 2 unspecified atom stereocenters. The van der Waals surface area contributed by atoms with Crippen LogP contribution < -0.4 is 0 Å². The monoisotopic (exact) mass is 190 g/mol. The van der Waals surface area contributed by atoms with Crippen LogP contribution in [0.4, 0.5) is 0 Å². The van der Waals surface area contributed by atoms with Crippen LogP contribution in [0.5, 0.6) is 0 Å². The molecule has 2 heteroatoms. The van der Waals surface area contributed by atoms with Crippen LogP contribution in [-0.2, 0) is 15.9 Å². The fourth-order valence-electron chi connectivity index (χ4n) is 1.83. The van der Waals surface area contributed by atoms with E-state index < -0.39 is 0 Å². The van der Waals surface area contributed by atoms with Gasteiger partial charge in [-0.05, 0) is 11.1 Å². The third-order valence-corrected chi connectivity index (χ3v) is 2.63. The molecule has 14 heavy (non-hydrogen) atoms. The smallest absolute Gasteiger partial charge is 0.0952 e. The van der Waals surface area contributed by atoms with Crippen molar-refractivity contribution in [2.75, 3.05) is 14.2 Å². The Labute approximate surface area is 84.8 Å². The van der Waals surface area contributed by atoms with Crippen molar-refractivity contribution in [3.8, 4) is 0 Å². The van der Waals surface area contributed by atoms with Crippen molar-refractivity contribution < 1.29 is 9.47 Å². The summed E-state index contributed by atoms with van der Waals surface area (Å²) < 4.78 is 10.7. The summed E-state index contributed by atoms with van der Waals surface area (Å²) in [6, 6.07) is 8.24. The molecule has 2 rings (SSSR count). The van der Waals surface area contributed by atoms with E-state index in [0.29, 0.717) is 0 Å². The molecule has 0 fully saturated rings. The van der Waals surface area contributed by atoms with Crippen LogP contribution in [0.15, 0.2) is 24.3 Å². The summed E-state index contributed by atoms with van der Waals surface area (Å²) in [5, 5.41) is 0. The molecular weight excluding hydrogens is 176 g/mol.